The number of fused-ring (bicyclic) bond motifs is 6. The van der Waals surface area contributed by atoms with E-state index in [9.17, 15) is 22.0 Å². The second kappa shape index (κ2) is 44.9. The first-order valence-electron chi connectivity index (χ1n) is 38.6. The summed E-state index contributed by atoms with van der Waals surface area (Å²) in [6.07, 6.45) is 23.5. The molecule has 0 spiro atoms. The molecule has 619 valence electrons. The molecular formula is C99H90F5Ir2N6O7S-2. The molecule has 0 saturated heterocycles. The van der Waals surface area contributed by atoms with E-state index in [2.05, 4.69) is 121 Å². The normalized spacial score (nSPS) is 13.0. The van der Waals surface area contributed by atoms with Crippen molar-refractivity contribution in [1.82, 2.24) is 29.9 Å². The van der Waals surface area contributed by atoms with E-state index in [1.54, 1.807) is 36.7 Å². The van der Waals surface area contributed by atoms with Crippen LogP contribution in [0.1, 0.15) is 130 Å². The number of hydrogen-bond donors (Lipinski definition) is 3. The molecule has 19 rings (SSSR count). The number of aryl methyl sites for hydroxylation is 2. The molecule has 8 aromatic heterocycles. The monoisotopic (exact) mass is 1990 g/mol. The number of aliphatic hydroxyl groups is 2. The van der Waals surface area contributed by atoms with Crippen molar-refractivity contribution in [1.29, 1.82) is 0 Å². The van der Waals surface area contributed by atoms with Crippen LogP contribution in [0.2, 0.25) is 0 Å². The van der Waals surface area contributed by atoms with Crippen LogP contribution in [0, 0.1) is 55.8 Å². The third kappa shape index (κ3) is 24.2. The van der Waals surface area contributed by atoms with E-state index in [1.807, 2.05) is 160 Å². The second-order valence-corrected chi connectivity index (χ2v) is 29.6. The minimum Gasteiger partial charge on any atom is -0.486 e. The predicted molar refractivity (Wildman–Crippen MR) is 459 cm³/mol. The zero-order valence-electron chi connectivity index (χ0n) is 65.7. The van der Waals surface area contributed by atoms with Gasteiger partial charge < -0.3 is 34.0 Å². The van der Waals surface area contributed by atoms with Crippen molar-refractivity contribution in [3.8, 4) is 78.4 Å². The van der Waals surface area contributed by atoms with Crippen LogP contribution in [0.3, 0.4) is 0 Å². The molecule has 0 amide bonds. The standard InChI is InChI=1S/C23H15FN2O.C23H14FN2O.C17H16.2C16H16N.CHF3O3S.2CH4O.CH4.2Ir/c2*1-14-5-10-19-18-3-2-4-20(22(18)27-23(19)26-14)21-13-16(11-12-25-21)15-6-8-17(24)9-7-15;1-2-6-14(7-3-1)16-10-12-17(13-11-16)15-8-4-5-9-15;2*1-2-6-13(5-1)14-8-10-15(11-9-14)16-7-3-4-12-17-16;2-1(3,4)8(5,6)7;2*1-2;;;/h2-13H,1H3;2-3,5-13H,1H3;1-3,6,10,12-13,15H,4-5,8-9H2;2*3-4,7-10,12-13H,1-2,5-6H2;(H,5,6,7);2*2H,1H3;1H4;;/q;-1;-2;2*-1;;;;;;+3. The number of pyridine rings is 6. The molecule has 16 aromatic rings. The summed E-state index contributed by atoms with van der Waals surface area (Å²) in [5.41, 5.74) is 16.9. The summed E-state index contributed by atoms with van der Waals surface area (Å²) in [6, 6.07) is 94.9. The van der Waals surface area contributed by atoms with Crippen molar-refractivity contribution < 1.29 is 94.2 Å². The summed E-state index contributed by atoms with van der Waals surface area (Å²) in [6.45, 7) is 3.88. The Morgan fingerprint density at radius 1 is 0.400 bits per heavy atom. The van der Waals surface area contributed by atoms with E-state index in [1.165, 1.54) is 118 Å². The van der Waals surface area contributed by atoms with Gasteiger partial charge in [-0.05, 0) is 138 Å². The number of aromatic nitrogens is 6. The number of benzene rings is 8. The third-order valence-corrected chi connectivity index (χ3v) is 21.1. The van der Waals surface area contributed by atoms with Gasteiger partial charge in [-0.3, -0.25) is 9.54 Å². The summed E-state index contributed by atoms with van der Waals surface area (Å²) < 4.78 is 96.1. The predicted octanol–water partition coefficient (Wildman–Crippen LogP) is 25.4. The summed E-state index contributed by atoms with van der Waals surface area (Å²) in [4.78, 5) is 26.7. The van der Waals surface area contributed by atoms with Crippen LogP contribution in [0.15, 0.2) is 276 Å². The first-order valence-corrected chi connectivity index (χ1v) is 40.1. The third-order valence-electron chi connectivity index (χ3n) is 20.5. The average Bonchev–Trinajstić information content (AvgIpc) is 1.62. The maximum absolute atomic E-state index is 13.2. The Morgan fingerprint density at radius 3 is 1.23 bits per heavy atom. The SMILES string of the molecule is C.CO.CO.Cc1ccc2c(n1)oc1c(-c3cc(-c4ccc(F)cc4)ccn3)[c-]ccc12.Cc1ccc2c(n1)oc1c(-c3cc(-c4ccc(F)cc4)ccn3)cccc12.O=S(=O)(O)C(F)(F)F.[Ir+3].[Ir].[c-]1cc(C2CCCC2)ccc1-c1ccccn1.[c-]1cc(C2CCCC2)ccc1-c1ccccn1.[c-]1ccccc1-c1[c-]cc(C2CCCC2)cc1. The topological polar surface area (TPSA) is 198 Å². The van der Waals surface area contributed by atoms with Crippen molar-refractivity contribution in [2.75, 3.05) is 14.2 Å². The molecule has 8 aromatic carbocycles. The molecule has 21 heteroatoms. The number of aliphatic hydroxyl groups excluding tert-OH is 2. The van der Waals surface area contributed by atoms with Crippen LogP contribution < -0.4 is 0 Å². The van der Waals surface area contributed by atoms with Crippen molar-refractivity contribution in [2.45, 2.75) is 122 Å². The Morgan fingerprint density at radius 2 is 0.808 bits per heavy atom. The van der Waals surface area contributed by atoms with Crippen LogP contribution in [0.5, 0.6) is 0 Å². The molecule has 8 heterocycles. The fourth-order valence-electron chi connectivity index (χ4n) is 14.6. The van der Waals surface area contributed by atoms with Gasteiger partial charge in [0.2, 0.25) is 11.4 Å². The van der Waals surface area contributed by atoms with Gasteiger partial charge in [-0.2, -0.15) is 70.1 Å². The van der Waals surface area contributed by atoms with Gasteiger partial charge in [0, 0.05) is 92.2 Å². The van der Waals surface area contributed by atoms with Crippen LogP contribution in [0.4, 0.5) is 22.0 Å². The van der Waals surface area contributed by atoms with Crippen molar-refractivity contribution in [3.05, 3.63) is 337 Å². The van der Waals surface area contributed by atoms with Gasteiger partial charge in [-0.1, -0.05) is 180 Å². The van der Waals surface area contributed by atoms with Crippen molar-refractivity contribution in [3.63, 3.8) is 0 Å². The van der Waals surface area contributed by atoms with Gasteiger partial charge in [-0.15, -0.1) is 101 Å². The molecule has 120 heavy (non-hydrogen) atoms. The molecular weight excluding hydrogens is 1900 g/mol. The van der Waals surface area contributed by atoms with E-state index >= 15 is 0 Å². The van der Waals surface area contributed by atoms with Crippen LogP contribution in [0.25, 0.3) is 123 Å². The second-order valence-electron chi connectivity index (χ2n) is 28.1. The minimum atomic E-state index is -5.84. The zero-order valence-corrected chi connectivity index (χ0v) is 71.4. The molecule has 1 radical (unpaired) electrons. The number of para-hydroxylation sites is 1. The summed E-state index contributed by atoms with van der Waals surface area (Å²) in [5, 5.41) is 18.0. The first kappa shape index (κ1) is 92.9. The minimum absolute atomic E-state index is 0. The fraction of sp³-hybridized carbons (Fsp3) is 0.212. The van der Waals surface area contributed by atoms with Gasteiger partial charge in [0.05, 0.1) is 11.3 Å². The zero-order chi connectivity index (χ0) is 82.3. The smallest absolute Gasteiger partial charge is 0.486 e. The van der Waals surface area contributed by atoms with Gasteiger partial charge in [0.1, 0.15) is 17.2 Å². The molecule has 3 aliphatic carbocycles. The quantitative estimate of drug-likeness (QED) is 0.0506. The largest absolute Gasteiger partial charge is 3.00 e. The maximum atomic E-state index is 13.2. The van der Waals surface area contributed by atoms with Crippen LogP contribution in [-0.4, -0.2) is 72.8 Å². The maximum Gasteiger partial charge on any atom is 3.00 e. The van der Waals surface area contributed by atoms with E-state index in [0.717, 1.165) is 149 Å². The average molecular weight is 1990 g/mol. The Bertz CT molecular complexity index is 5530. The number of hydrogen-bond acceptors (Lipinski definition) is 12. The Hall–Kier alpha value is -11.0. The number of alkyl halides is 3. The number of nitrogens with zero attached hydrogens (tertiary/aromatic N) is 6. The first-order chi connectivity index (χ1) is 56.9. The summed E-state index contributed by atoms with van der Waals surface area (Å²) in [5.74, 6) is 1.81. The number of halogens is 5. The fourth-order valence-corrected chi connectivity index (χ4v) is 14.6. The summed E-state index contributed by atoms with van der Waals surface area (Å²) in [7, 11) is -3.84. The van der Waals surface area contributed by atoms with Crippen LogP contribution >= 0.6 is 0 Å². The number of furan rings is 2. The van der Waals surface area contributed by atoms with E-state index in [4.69, 9.17) is 32.0 Å². The van der Waals surface area contributed by atoms with Gasteiger partial charge in [0.25, 0.3) is 0 Å². The molecule has 0 unspecified atom stereocenters. The van der Waals surface area contributed by atoms with E-state index < -0.39 is 15.6 Å². The molecule has 3 N–H and O–H groups in total. The van der Waals surface area contributed by atoms with Crippen molar-refractivity contribution in [2.24, 2.45) is 0 Å². The van der Waals surface area contributed by atoms with E-state index in [-0.39, 0.29) is 59.3 Å². The molecule has 0 atom stereocenters. The molecule has 0 bridgehead atoms. The van der Waals surface area contributed by atoms with E-state index in [0.29, 0.717) is 17.0 Å². The van der Waals surface area contributed by atoms with Crippen LogP contribution in [-0.2, 0) is 50.3 Å². The molecule has 0 aliphatic heterocycles. The van der Waals surface area contributed by atoms with Gasteiger partial charge >= 0.3 is 35.7 Å². The molecule has 13 nitrogen and oxygen atoms in total. The van der Waals surface area contributed by atoms with Crippen molar-refractivity contribution >= 4 is 54.3 Å². The number of rotatable bonds is 10. The molecule has 3 fully saturated rings. The summed E-state index contributed by atoms with van der Waals surface area (Å²) >= 11 is 0. The Labute approximate surface area is 724 Å². The molecule has 3 aliphatic rings. The Kier molecular flexibility index (Phi) is 34.8. The van der Waals surface area contributed by atoms with Gasteiger partial charge in [0.15, 0.2) is 0 Å². The Balaban J connectivity index is 0.000000166. The van der Waals surface area contributed by atoms with Gasteiger partial charge in [-0.25, -0.2) is 29.9 Å². The molecule has 3 saturated carbocycles.